The summed E-state index contributed by atoms with van der Waals surface area (Å²) in [5, 5.41) is 0. The molecule has 2 heterocycles. The summed E-state index contributed by atoms with van der Waals surface area (Å²) in [7, 11) is 0. The zero-order valence-corrected chi connectivity index (χ0v) is 6.40. The van der Waals surface area contributed by atoms with Crippen molar-refractivity contribution in [1.82, 2.24) is 9.97 Å². The van der Waals surface area contributed by atoms with Crippen molar-refractivity contribution in [2.24, 2.45) is 0 Å². The quantitative estimate of drug-likeness (QED) is 0.672. The first-order valence-corrected chi connectivity index (χ1v) is 3.65. The van der Waals surface area contributed by atoms with Crippen LogP contribution in [0.1, 0.15) is 13.0 Å². The third kappa shape index (κ3) is 1.50. The molecule has 0 N–H and O–H groups in total. The van der Waals surface area contributed by atoms with Gasteiger partial charge in [0.25, 0.3) is 0 Å². The maximum atomic E-state index is 7.45. The van der Waals surface area contributed by atoms with Crippen molar-refractivity contribution in [3.63, 3.8) is 0 Å². The maximum Gasteiger partial charge on any atom is 0.135 e. The minimum atomic E-state index is 0.396. The van der Waals surface area contributed by atoms with Gasteiger partial charge in [-0.15, -0.1) is 0 Å². The molecule has 2 aromatic rings. The molecule has 0 aromatic carbocycles. The number of hydrogen-bond donors (Lipinski definition) is 0. The summed E-state index contributed by atoms with van der Waals surface area (Å²) in [5.41, 5.74) is 0. The standard InChI is InChI=1S/C9H8N2O/c1-3-8(12-6-1)7-9-10-4-2-5-11-9/h1-6H,7H2/i3D. The summed E-state index contributed by atoms with van der Waals surface area (Å²) >= 11 is 0. The molecule has 2 aromatic heterocycles. The maximum absolute atomic E-state index is 7.45. The SMILES string of the molecule is [2H]c1ccoc1Cc1ncccn1. The van der Waals surface area contributed by atoms with E-state index in [0.717, 1.165) is 0 Å². The molecule has 0 aliphatic carbocycles. The number of furan rings is 1. The summed E-state index contributed by atoms with van der Waals surface area (Å²) in [6, 6.07) is 3.76. The van der Waals surface area contributed by atoms with Crippen LogP contribution in [0.3, 0.4) is 0 Å². The van der Waals surface area contributed by atoms with E-state index in [-0.39, 0.29) is 0 Å². The third-order valence-electron chi connectivity index (χ3n) is 1.46. The Balaban J connectivity index is 2.20. The van der Waals surface area contributed by atoms with Gasteiger partial charge < -0.3 is 4.42 Å². The van der Waals surface area contributed by atoms with Gasteiger partial charge in [0.05, 0.1) is 14.1 Å². The molecule has 0 saturated heterocycles. The molecule has 12 heavy (non-hydrogen) atoms. The number of nitrogens with zero attached hydrogens (tertiary/aromatic N) is 2. The van der Waals surface area contributed by atoms with E-state index in [0.29, 0.717) is 24.0 Å². The van der Waals surface area contributed by atoms with Gasteiger partial charge in [0.2, 0.25) is 0 Å². The van der Waals surface area contributed by atoms with Crippen molar-refractivity contribution >= 4 is 0 Å². The average Bonchev–Trinajstić information content (AvgIpc) is 2.54. The first-order valence-electron chi connectivity index (χ1n) is 4.15. The second kappa shape index (κ2) is 3.17. The Labute approximate surface area is 71.5 Å². The molecule has 0 unspecified atom stereocenters. The summed E-state index contributed by atoms with van der Waals surface area (Å²) < 4.78 is 12.6. The third-order valence-corrected chi connectivity index (χ3v) is 1.46. The highest BCUT2D eigenvalue weighted by Crippen LogP contribution is 2.04. The molecule has 0 radical (unpaired) electrons. The molecule has 0 bridgehead atoms. The largest absolute Gasteiger partial charge is 0.469 e. The van der Waals surface area contributed by atoms with E-state index in [1.165, 1.54) is 6.26 Å². The summed E-state index contributed by atoms with van der Waals surface area (Å²) in [6.07, 6.45) is 5.33. The molecular formula is C9H8N2O. The Kier molecular flexibility index (Phi) is 1.57. The molecule has 3 heteroatoms. The number of aromatic nitrogens is 2. The molecule has 0 aliphatic heterocycles. The van der Waals surface area contributed by atoms with Crippen LogP contribution >= 0.6 is 0 Å². The minimum absolute atomic E-state index is 0.396. The van der Waals surface area contributed by atoms with Crippen molar-refractivity contribution < 1.29 is 5.79 Å². The van der Waals surface area contributed by atoms with Gasteiger partial charge in [0, 0.05) is 12.4 Å². The Morgan fingerprint density at radius 2 is 2.17 bits per heavy atom. The van der Waals surface area contributed by atoms with Gasteiger partial charge in [-0.25, -0.2) is 9.97 Å². The molecule has 0 saturated carbocycles. The van der Waals surface area contributed by atoms with Gasteiger partial charge in [-0.2, -0.15) is 0 Å². The first-order chi connectivity index (χ1) is 6.36. The molecule has 0 spiro atoms. The topological polar surface area (TPSA) is 38.9 Å². The van der Waals surface area contributed by atoms with E-state index in [9.17, 15) is 0 Å². The lowest BCUT2D eigenvalue weighted by Crippen LogP contribution is -1.92. The van der Waals surface area contributed by atoms with Crippen molar-refractivity contribution in [3.8, 4) is 0 Å². The van der Waals surface area contributed by atoms with Gasteiger partial charge in [-0.3, -0.25) is 0 Å². The Morgan fingerprint density at radius 3 is 2.83 bits per heavy atom. The van der Waals surface area contributed by atoms with E-state index >= 15 is 0 Å². The van der Waals surface area contributed by atoms with Crippen LogP contribution in [0, 0.1) is 0 Å². The summed E-state index contributed by atoms with van der Waals surface area (Å²) in [4.78, 5) is 8.08. The van der Waals surface area contributed by atoms with Crippen molar-refractivity contribution in [3.05, 3.63) is 48.4 Å². The predicted octanol–water partition coefficient (Wildman–Crippen LogP) is 1.66. The van der Waals surface area contributed by atoms with Crippen molar-refractivity contribution in [1.29, 1.82) is 0 Å². The Morgan fingerprint density at radius 1 is 1.33 bits per heavy atom. The number of hydrogen-bond acceptors (Lipinski definition) is 3. The lowest BCUT2D eigenvalue weighted by molar-refractivity contribution is 0.517. The van der Waals surface area contributed by atoms with Crippen LogP contribution in [0.25, 0.3) is 0 Å². The molecule has 0 aliphatic rings. The van der Waals surface area contributed by atoms with Gasteiger partial charge >= 0.3 is 0 Å². The lowest BCUT2D eigenvalue weighted by Gasteiger charge is -1.93. The molecule has 60 valence electrons. The van der Waals surface area contributed by atoms with Crippen LogP contribution in [0.2, 0.25) is 0 Å². The van der Waals surface area contributed by atoms with Gasteiger partial charge in [-0.1, -0.05) is 0 Å². The fourth-order valence-corrected chi connectivity index (χ4v) is 0.935. The van der Waals surface area contributed by atoms with Crippen LogP contribution in [-0.4, -0.2) is 9.97 Å². The zero-order chi connectivity index (χ0) is 9.10. The average molecular weight is 161 g/mol. The van der Waals surface area contributed by atoms with E-state index < -0.39 is 0 Å². The van der Waals surface area contributed by atoms with Crippen LogP contribution in [0.5, 0.6) is 0 Å². The molecule has 0 fully saturated rings. The smallest absolute Gasteiger partial charge is 0.135 e. The first kappa shape index (κ1) is 5.94. The molecule has 0 amide bonds. The van der Waals surface area contributed by atoms with E-state index in [1.54, 1.807) is 24.5 Å². The van der Waals surface area contributed by atoms with Gasteiger partial charge in [-0.05, 0) is 18.2 Å². The highest BCUT2D eigenvalue weighted by Gasteiger charge is 1.98. The molecule has 0 atom stereocenters. The second-order valence-electron chi connectivity index (χ2n) is 2.33. The van der Waals surface area contributed by atoms with Gasteiger partial charge in [0.1, 0.15) is 11.6 Å². The molecule has 2 rings (SSSR count). The van der Waals surface area contributed by atoms with Crippen LogP contribution in [0.4, 0.5) is 0 Å². The van der Waals surface area contributed by atoms with E-state index in [4.69, 9.17) is 5.79 Å². The summed E-state index contributed by atoms with van der Waals surface area (Å²) in [5.74, 6) is 1.28. The molecule has 3 nitrogen and oxygen atoms in total. The van der Waals surface area contributed by atoms with E-state index in [1.807, 2.05) is 0 Å². The van der Waals surface area contributed by atoms with Gasteiger partial charge in [0.15, 0.2) is 0 Å². The molecular weight excluding hydrogens is 152 g/mol. The zero-order valence-electron chi connectivity index (χ0n) is 7.40. The van der Waals surface area contributed by atoms with Crippen LogP contribution in [0.15, 0.2) is 41.2 Å². The number of rotatable bonds is 2. The minimum Gasteiger partial charge on any atom is -0.469 e. The highest BCUT2D eigenvalue weighted by molar-refractivity contribution is 5.05. The monoisotopic (exact) mass is 161 g/mol. The summed E-state index contributed by atoms with van der Waals surface area (Å²) in [6.45, 7) is 0. The van der Waals surface area contributed by atoms with E-state index in [2.05, 4.69) is 9.97 Å². The van der Waals surface area contributed by atoms with Crippen LogP contribution < -0.4 is 0 Å². The lowest BCUT2D eigenvalue weighted by atomic mass is 10.3. The van der Waals surface area contributed by atoms with Crippen molar-refractivity contribution in [2.45, 2.75) is 6.42 Å². The second-order valence-corrected chi connectivity index (χ2v) is 2.33. The Bertz CT molecular complexity index is 386. The normalized spacial score (nSPS) is 11.2. The highest BCUT2D eigenvalue weighted by atomic mass is 16.3. The fourth-order valence-electron chi connectivity index (χ4n) is 0.935. The van der Waals surface area contributed by atoms with Crippen molar-refractivity contribution in [2.75, 3.05) is 0 Å². The Hall–Kier alpha value is -1.64. The van der Waals surface area contributed by atoms with Crippen LogP contribution in [-0.2, 0) is 6.42 Å². The fraction of sp³-hybridized carbons (Fsp3) is 0.111. The predicted molar refractivity (Wildman–Crippen MR) is 43.5 cm³/mol.